The molecule has 1 atom stereocenters. The highest BCUT2D eigenvalue weighted by molar-refractivity contribution is 5.72. The third kappa shape index (κ3) is 3.91. The average molecular weight is 128 g/mol. The average Bonchev–Trinajstić information content (AvgIpc) is 1.87. The zero-order valence-corrected chi connectivity index (χ0v) is 5.79. The van der Waals surface area contributed by atoms with Crippen molar-refractivity contribution in [3.05, 3.63) is 11.6 Å². The number of rotatable bonds is 3. The van der Waals surface area contributed by atoms with Crippen LogP contribution >= 0.6 is 0 Å². The van der Waals surface area contributed by atoms with E-state index in [9.17, 15) is 4.79 Å². The van der Waals surface area contributed by atoms with Crippen molar-refractivity contribution in [3.63, 3.8) is 0 Å². The SMILES string of the molecule is CC(C=O)=CC(C)CO. The van der Waals surface area contributed by atoms with Crippen LogP contribution in [0.5, 0.6) is 0 Å². The summed E-state index contributed by atoms with van der Waals surface area (Å²) in [5.74, 6) is 0.0928. The first kappa shape index (κ1) is 8.37. The maximum Gasteiger partial charge on any atom is 0.145 e. The molecule has 52 valence electrons. The van der Waals surface area contributed by atoms with Crippen molar-refractivity contribution in [3.8, 4) is 0 Å². The van der Waals surface area contributed by atoms with Crippen LogP contribution < -0.4 is 0 Å². The van der Waals surface area contributed by atoms with E-state index in [4.69, 9.17) is 5.11 Å². The summed E-state index contributed by atoms with van der Waals surface area (Å²) in [5, 5.41) is 8.52. The Balaban J connectivity index is 3.78. The summed E-state index contributed by atoms with van der Waals surface area (Å²) in [4.78, 5) is 10.0. The van der Waals surface area contributed by atoms with Crippen molar-refractivity contribution in [1.29, 1.82) is 0 Å². The number of carbonyl (C=O) groups is 1. The lowest BCUT2D eigenvalue weighted by Gasteiger charge is -1.98. The molecule has 0 aromatic carbocycles. The van der Waals surface area contributed by atoms with E-state index in [1.807, 2.05) is 6.92 Å². The first-order valence-electron chi connectivity index (χ1n) is 2.95. The number of aliphatic hydroxyl groups excluding tert-OH is 1. The number of hydrogen-bond donors (Lipinski definition) is 1. The van der Waals surface area contributed by atoms with Gasteiger partial charge >= 0.3 is 0 Å². The van der Waals surface area contributed by atoms with Gasteiger partial charge in [-0.3, -0.25) is 4.79 Å². The predicted molar refractivity (Wildman–Crippen MR) is 36.1 cm³/mol. The molecule has 9 heavy (non-hydrogen) atoms. The van der Waals surface area contributed by atoms with Crippen molar-refractivity contribution in [1.82, 2.24) is 0 Å². The van der Waals surface area contributed by atoms with Crippen LogP contribution in [0.15, 0.2) is 11.6 Å². The van der Waals surface area contributed by atoms with Crippen LogP contribution in [-0.4, -0.2) is 18.0 Å². The summed E-state index contributed by atoms with van der Waals surface area (Å²) >= 11 is 0. The van der Waals surface area contributed by atoms with Crippen molar-refractivity contribution in [2.24, 2.45) is 5.92 Å². The van der Waals surface area contributed by atoms with Crippen molar-refractivity contribution < 1.29 is 9.90 Å². The largest absolute Gasteiger partial charge is 0.396 e. The highest BCUT2D eigenvalue weighted by Crippen LogP contribution is 1.98. The topological polar surface area (TPSA) is 37.3 Å². The van der Waals surface area contributed by atoms with E-state index in [-0.39, 0.29) is 12.5 Å². The maximum absolute atomic E-state index is 10.0. The van der Waals surface area contributed by atoms with Crippen molar-refractivity contribution >= 4 is 6.29 Å². The van der Waals surface area contributed by atoms with Gasteiger partial charge in [-0.1, -0.05) is 13.0 Å². The van der Waals surface area contributed by atoms with Gasteiger partial charge in [-0.2, -0.15) is 0 Å². The van der Waals surface area contributed by atoms with Gasteiger partial charge in [0.15, 0.2) is 0 Å². The number of aliphatic hydroxyl groups is 1. The summed E-state index contributed by atoms with van der Waals surface area (Å²) in [7, 11) is 0. The van der Waals surface area contributed by atoms with Crippen molar-refractivity contribution in [2.75, 3.05) is 6.61 Å². The molecule has 0 amide bonds. The van der Waals surface area contributed by atoms with Gasteiger partial charge in [-0.25, -0.2) is 0 Å². The van der Waals surface area contributed by atoms with E-state index < -0.39 is 0 Å². The fourth-order valence-electron chi connectivity index (χ4n) is 0.541. The molecule has 0 spiro atoms. The van der Waals surface area contributed by atoms with Crippen molar-refractivity contribution in [2.45, 2.75) is 13.8 Å². The van der Waals surface area contributed by atoms with E-state index in [0.717, 1.165) is 6.29 Å². The van der Waals surface area contributed by atoms with Gasteiger partial charge in [0.25, 0.3) is 0 Å². The second-order valence-corrected chi connectivity index (χ2v) is 2.19. The standard InChI is InChI=1S/C7H12O2/c1-6(4-8)3-7(2)5-9/h3-4,7,9H,5H2,1-2H3. The Morgan fingerprint density at radius 2 is 2.33 bits per heavy atom. The molecule has 2 nitrogen and oxygen atoms in total. The summed E-state index contributed by atoms with van der Waals surface area (Å²) < 4.78 is 0. The van der Waals surface area contributed by atoms with Crippen LogP contribution in [0, 0.1) is 5.92 Å². The first-order chi connectivity index (χ1) is 4.20. The van der Waals surface area contributed by atoms with E-state index >= 15 is 0 Å². The molecule has 0 aromatic heterocycles. The fraction of sp³-hybridized carbons (Fsp3) is 0.571. The van der Waals surface area contributed by atoms with E-state index in [0.29, 0.717) is 5.57 Å². The van der Waals surface area contributed by atoms with Gasteiger partial charge in [0, 0.05) is 6.61 Å². The monoisotopic (exact) mass is 128 g/mol. The molecule has 0 aliphatic carbocycles. The molecular formula is C7H12O2. The minimum Gasteiger partial charge on any atom is -0.396 e. The summed E-state index contributed by atoms with van der Waals surface area (Å²) in [6.07, 6.45) is 2.53. The summed E-state index contributed by atoms with van der Waals surface area (Å²) in [6.45, 7) is 3.68. The van der Waals surface area contributed by atoms with E-state index in [2.05, 4.69) is 0 Å². The summed E-state index contributed by atoms with van der Waals surface area (Å²) in [6, 6.07) is 0. The number of hydrogen-bond acceptors (Lipinski definition) is 2. The molecule has 0 radical (unpaired) electrons. The van der Waals surface area contributed by atoms with Gasteiger partial charge in [0.05, 0.1) is 0 Å². The zero-order chi connectivity index (χ0) is 7.28. The Labute approximate surface area is 55.2 Å². The summed E-state index contributed by atoms with van der Waals surface area (Å²) in [5.41, 5.74) is 0.677. The van der Waals surface area contributed by atoms with Crippen LogP contribution in [0.1, 0.15) is 13.8 Å². The molecule has 0 heterocycles. The Morgan fingerprint density at radius 1 is 1.78 bits per heavy atom. The smallest absolute Gasteiger partial charge is 0.145 e. The van der Waals surface area contributed by atoms with Crippen LogP contribution in [0.25, 0.3) is 0 Å². The highest BCUT2D eigenvalue weighted by Gasteiger charge is 1.93. The van der Waals surface area contributed by atoms with Crippen LogP contribution in [-0.2, 0) is 4.79 Å². The third-order valence-corrected chi connectivity index (χ3v) is 1.02. The normalized spacial score (nSPS) is 15.2. The van der Waals surface area contributed by atoms with E-state index in [1.54, 1.807) is 13.0 Å². The molecule has 1 unspecified atom stereocenters. The van der Waals surface area contributed by atoms with Crippen LogP contribution in [0.2, 0.25) is 0 Å². The van der Waals surface area contributed by atoms with Gasteiger partial charge in [-0.15, -0.1) is 0 Å². The minimum absolute atomic E-state index is 0.0928. The van der Waals surface area contributed by atoms with Gasteiger partial charge in [0.1, 0.15) is 6.29 Å². The molecule has 0 aromatic rings. The second-order valence-electron chi connectivity index (χ2n) is 2.19. The molecule has 0 rings (SSSR count). The molecule has 1 N–H and O–H groups in total. The Bertz CT molecular complexity index is 116. The molecular weight excluding hydrogens is 116 g/mol. The lowest BCUT2D eigenvalue weighted by molar-refractivity contribution is -0.104. The maximum atomic E-state index is 10.0. The molecule has 0 fully saturated rings. The Hall–Kier alpha value is -0.630. The molecule has 2 heteroatoms. The number of carbonyl (C=O) groups excluding carboxylic acids is 1. The predicted octanol–water partition coefficient (Wildman–Crippen LogP) is 0.760. The zero-order valence-electron chi connectivity index (χ0n) is 5.79. The van der Waals surface area contributed by atoms with Gasteiger partial charge < -0.3 is 5.11 Å². The quantitative estimate of drug-likeness (QED) is 0.450. The second kappa shape index (κ2) is 4.27. The highest BCUT2D eigenvalue weighted by atomic mass is 16.3. The number of allylic oxidation sites excluding steroid dienone is 1. The van der Waals surface area contributed by atoms with Gasteiger partial charge in [-0.05, 0) is 18.4 Å². The van der Waals surface area contributed by atoms with Crippen LogP contribution in [0.3, 0.4) is 0 Å². The Morgan fingerprint density at radius 3 is 2.67 bits per heavy atom. The lowest BCUT2D eigenvalue weighted by atomic mass is 10.1. The lowest BCUT2D eigenvalue weighted by Crippen LogP contribution is -1.96. The molecule has 0 aliphatic heterocycles. The minimum atomic E-state index is 0.0928. The molecule has 0 saturated carbocycles. The molecule has 0 saturated heterocycles. The molecule has 0 bridgehead atoms. The van der Waals surface area contributed by atoms with Crippen LogP contribution in [0.4, 0.5) is 0 Å². The Kier molecular flexibility index (Phi) is 3.97. The van der Waals surface area contributed by atoms with Gasteiger partial charge in [0.2, 0.25) is 0 Å². The number of aldehydes is 1. The first-order valence-corrected chi connectivity index (χ1v) is 2.95. The van der Waals surface area contributed by atoms with E-state index in [1.165, 1.54) is 0 Å². The third-order valence-electron chi connectivity index (χ3n) is 1.02. The fourth-order valence-corrected chi connectivity index (χ4v) is 0.541. The molecule has 0 aliphatic rings.